The number of Topliss-reactive ketones (excluding diaryl/α,β-unsaturated/α-hetero) is 1. The van der Waals surface area contributed by atoms with E-state index in [4.69, 9.17) is 4.74 Å². The van der Waals surface area contributed by atoms with Crippen LogP contribution in [0.3, 0.4) is 0 Å². The fourth-order valence-electron chi connectivity index (χ4n) is 3.37. The molecule has 0 aromatic heterocycles. The lowest BCUT2D eigenvalue weighted by molar-refractivity contribution is -0.123. The first-order chi connectivity index (χ1) is 12.0. The third-order valence-electron chi connectivity index (χ3n) is 4.83. The van der Waals surface area contributed by atoms with Crippen LogP contribution in [0.5, 0.6) is 5.75 Å². The van der Waals surface area contributed by atoms with Gasteiger partial charge in [-0.05, 0) is 63.5 Å². The highest BCUT2D eigenvalue weighted by Crippen LogP contribution is 2.23. The Morgan fingerprint density at radius 1 is 1.24 bits per heavy atom. The van der Waals surface area contributed by atoms with Crippen LogP contribution < -0.4 is 10.1 Å². The second-order valence-corrected chi connectivity index (χ2v) is 6.90. The number of hydrogen-bond acceptors (Lipinski definition) is 4. The number of carbonyl (C=O) groups is 2. The Morgan fingerprint density at radius 3 is 2.44 bits per heavy atom. The van der Waals surface area contributed by atoms with Crippen LogP contribution >= 0.6 is 0 Å². The van der Waals surface area contributed by atoms with Gasteiger partial charge < -0.3 is 10.1 Å². The Hall–Kier alpha value is -1.88. The van der Waals surface area contributed by atoms with E-state index >= 15 is 0 Å². The van der Waals surface area contributed by atoms with E-state index in [0.29, 0.717) is 6.54 Å². The number of rotatable bonds is 8. The van der Waals surface area contributed by atoms with Crippen LogP contribution in [-0.2, 0) is 4.79 Å². The summed E-state index contributed by atoms with van der Waals surface area (Å²) < 4.78 is 5.13. The molecule has 0 bridgehead atoms. The molecule has 138 valence electrons. The highest BCUT2D eigenvalue weighted by Gasteiger charge is 2.26. The molecule has 1 amide bonds. The van der Waals surface area contributed by atoms with Crippen molar-refractivity contribution in [1.29, 1.82) is 0 Å². The van der Waals surface area contributed by atoms with Crippen LogP contribution in [0.4, 0.5) is 0 Å². The maximum Gasteiger partial charge on any atom is 0.234 e. The zero-order valence-corrected chi connectivity index (χ0v) is 15.6. The van der Waals surface area contributed by atoms with Gasteiger partial charge in [0.2, 0.25) is 5.91 Å². The van der Waals surface area contributed by atoms with Gasteiger partial charge in [0.25, 0.3) is 0 Å². The molecule has 1 saturated heterocycles. The number of hydrogen-bond donors (Lipinski definition) is 1. The molecule has 1 fully saturated rings. The summed E-state index contributed by atoms with van der Waals surface area (Å²) in [5.41, 5.74) is 0.741. The van der Waals surface area contributed by atoms with Gasteiger partial charge in [-0.25, -0.2) is 0 Å². The normalized spacial score (nSPS) is 17.1. The van der Waals surface area contributed by atoms with Crippen molar-refractivity contribution in [2.75, 3.05) is 26.7 Å². The van der Waals surface area contributed by atoms with E-state index in [1.165, 1.54) is 0 Å². The van der Waals surface area contributed by atoms with E-state index in [1.54, 1.807) is 7.11 Å². The molecule has 1 aromatic rings. The fourth-order valence-corrected chi connectivity index (χ4v) is 3.37. The lowest BCUT2D eigenvalue weighted by Crippen LogP contribution is -2.44. The van der Waals surface area contributed by atoms with Crippen LogP contribution in [-0.4, -0.2) is 49.4 Å². The molecule has 25 heavy (non-hydrogen) atoms. The van der Waals surface area contributed by atoms with Gasteiger partial charge in [-0.1, -0.05) is 13.3 Å². The second-order valence-electron chi connectivity index (χ2n) is 6.90. The largest absolute Gasteiger partial charge is 0.497 e. The summed E-state index contributed by atoms with van der Waals surface area (Å²) in [6, 6.07) is 7.53. The molecule has 5 nitrogen and oxygen atoms in total. The van der Waals surface area contributed by atoms with Gasteiger partial charge in [-0.3, -0.25) is 14.5 Å². The maximum absolute atomic E-state index is 12.6. The highest BCUT2D eigenvalue weighted by molar-refractivity contribution is 5.98. The van der Waals surface area contributed by atoms with Crippen molar-refractivity contribution in [2.24, 2.45) is 5.92 Å². The molecule has 1 unspecified atom stereocenters. The summed E-state index contributed by atoms with van der Waals surface area (Å²) in [6.45, 7) is 6.18. The van der Waals surface area contributed by atoms with Crippen LogP contribution in [0.1, 0.15) is 49.9 Å². The maximum atomic E-state index is 12.6. The molecule has 2 rings (SSSR count). The first-order valence-corrected chi connectivity index (χ1v) is 9.23. The van der Waals surface area contributed by atoms with E-state index < -0.39 is 0 Å². The van der Waals surface area contributed by atoms with Crippen molar-refractivity contribution in [3.05, 3.63) is 29.8 Å². The Labute approximate surface area is 150 Å². The molecule has 1 aliphatic rings. The van der Waals surface area contributed by atoms with Gasteiger partial charge in [0.15, 0.2) is 5.78 Å². The minimum atomic E-state index is 0.0479. The number of ketones is 1. The first-order valence-electron chi connectivity index (χ1n) is 9.23. The number of ether oxygens (including phenoxy) is 1. The zero-order chi connectivity index (χ0) is 18.2. The molecule has 1 heterocycles. The third kappa shape index (κ3) is 5.85. The van der Waals surface area contributed by atoms with Crippen molar-refractivity contribution in [3.8, 4) is 5.75 Å². The van der Waals surface area contributed by atoms with Crippen molar-refractivity contribution in [2.45, 2.75) is 45.6 Å². The summed E-state index contributed by atoms with van der Waals surface area (Å²) in [7, 11) is 1.62. The molecular formula is C20H30N2O3. The van der Waals surface area contributed by atoms with Crippen molar-refractivity contribution in [1.82, 2.24) is 10.2 Å². The van der Waals surface area contributed by atoms with Gasteiger partial charge in [-0.15, -0.1) is 0 Å². The van der Waals surface area contributed by atoms with E-state index in [2.05, 4.69) is 17.1 Å². The molecule has 0 saturated carbocycles. The minimum absolute atomic E-state index is 0.0479. The summed E-state index contributed by atoms with van der Waals surface area (Å²) in [6.07, 6.45) is 3.69. The van der Waals surface area contributed by atoms with E-state index in [-0.39, 0.29) is 23.7 Å². The average Bonchev–Trinajstić information content (AvgIpc) is 2.62. The SMILES string of the molecule is CCCC(C)NC(=O)CN1CCC(C(=O)c2ccc(OC)cc2)CC1. The molecule has 0 spiro atoms. The summed E-state index contributed by atoms with van der Waals surface area (Å²) in [4.78, 5) is 26.8. The lowest BCUT2D eigenvalue weighted by atomic mass is 9.89. The molecule has 1 aliphatic heterocycles. The molecule has 1 aromatic carbocycles. The lowest BCUT2D eigenvalue weighted by Gasteiger charge is -2.31. The van der Waals surface area contributed by atoms with Crippen LogP contribution in [0.15, 0.2) is 24.3 Å². The Kier molecular flexibility index (Phi) is 7.44. The number of benzene rings is 1. The minimum Gasteiger partial charge on any atom is -0.497 e. The number of nitrogens with one attached hydrogen (secondary N) is 1. The van der Waals surface area contributed by atoms with Gasteiger partial charge in [0.1, 0.15) is 5.75 Å². The summed E-state index contributed by atoms with van der Waals surface area (Å²) in [5.74, 6) is 1.09. The average molecular weight is 346 g/mol. The van der Waals surface area contributed by atoms with Crippen molar-refractivity contribution in [3.63, 3.8) is 0 Å². The first kappa shape index (κ1) is 19.4. The van der Waals surface area contributed by atoms with Crippen LogP contribution in [0.25, 0.3) is 0 Å². The quantitative estimate of drug-likeness (QED) is 0.735. The molecular weight excluding hydrogens is 316 g/mol. The van der Waals surface area contributed by atoms with Crippen molar-refractivity contribution >= 4 is 11.7 Å². The second kappa shape index (κ2) is 9.56. The Balaban J connectivity index is 1.78. The summed E-state index contributed by atoms with van der Waals surface area (Å²) >= 11 is 0. The molecule has 0 radical (unpaired) electrons. The monoisotopic (exact) mass is 346 g/mol. The van der Waals surface area contributed by atoms with E-state index in [9.17, 15) is 9.59 Å². The fraction of sp³-hybridized carbons (Fsp3) is 0.600. The number of carbonyl (C=O) groups excluding carboxylic acids is 2. The number of amides is 1. The van der Waals surface area contributed by atoms with Crippen molar-refractivity contribution < 1.29 is 14.3 Å². The third-order valence-corrected chi connectivity index (χ3v) is 4.83. The van der Waals surface area contributed by atoms with Gasteiger partial charge in [-0.2, -0.15) is 0 Å². The Morgan fingerprint density at radius 2 is 1.88 bits per heavy atom. The standard InChI is InChI=1S/C20H30N2O3/c1-4-5-15(2)21-19(23)14-22-12-10-17(11-13-22)20(24)16-6-8-18(25-3)9-7-16/h6-9,15,17H,4-5,10-14H2,1-3H3,(H,21,23). The predicted octanol–water partition coefficient (Wildman–Crippen LogP) is 2.89. The van der Waals surface area contributed by atoms with Gasteiger partial charge in [0, 0.05) is 17.5 Å². The topological polar surface area (TPSA) is 58.6 Å². The van der Waals surface area contributed by atoms with Gasteiger partial charge in [0.05, 0.1) is 13.7 Å². The van der Waals surface area contributed by atoms with Crippen LogP contribution in [0.2, 0.25) is 0 Å². The molecule has 5 heteroatoms. The number of piperidine rings is 1. The number of likely N-dealkylation sites (tertiary alicyclic amines) is 1. The van der Waals surface area contributed by atoms with E-state index in [1.807, 2.05) is 31.2 Å². The molecule has 0 aliphatic carbocycles. The highest BCUT2D eigenvalue weighted by atomic mass is 16.5. The van der Waals surface area contributed by atoms with Gasteiger partial charge >= 0.3 is 0 Å². The summed E-state index contributed by atoms with van der Waals surface area (Å²) in [5, 5.41) is 3.04. The smallest absolute Gasteiger partial charge is 0.234 e. The predicted molar refractivity (Wildman–Crippen MR) is 99.0 cm³/mol. The number of methoxy groups -OCH3 is 1. The molecule has 1 N–H and O–H groups in total. The Bertz CT molecular complexity index is 563. The molecule has 1 atom stereocenters. The van der Waals surface area contributed by atoms with Crippen LogP contribution in [0, 0.1) is 5.92 Å². The van der Waals surface area contributed by atoms with E-state index in [0.717, 1.165) is 50.1 Å². The number of nitrogens with zero attached hydrogens (tertiary/aromatic N) is 1. The zero-order valence-electron chi connectivity index (χ0n) is 15.6.